The first-order valence-electron chi connectivity index (χ1n) is 8.11. The average molecular weight is 342 g/mol. The molecule has 24 heavy (non-hydrogen) atoms. The zero-order chi connectivity index (χ0) is 17.9. The third-order valence-corrected chi connectivity index (χ3v) is 7.21. The lowest BCUT2D eigenvalue weighted by Gasteiger charge is -2.35. The van der Waals surface area contributed by atoms with Crippen LogP contribution in [0.5, 0.6) is 0 Å². The lowest BCUT2D eigenvalue weighted by Crippen LogP contribution is -2.28. The van der Waals surface area contributed by atoms with Gasteiger partial charge in [-0.15, -0.1) is 0 Å². The van der Waals surface area contributed by atoms with Gasteiger partial charge in [0.25, 0.3) is 0 Å². The summed E-state index contributed by atoms with van der Waals surface area (Å²) in [4.78, 5) is 12.0. The normalized spacial score (nSPS) is 17.8. The average Bonchev–Trinajstić information content (AvgIpc) is 2.56. The van der Waals surface area contributed by atoms with Crippen molar-refractivity contribution in [3.8, 4) is 6.07 Å². The van der Waals surface area contributed by atoms with Crippen LogP contribution < -0.4 is 5.32 Å². The molecule has 1 aromatic carbocycles. The number of benzene rings is 1. The molecule has 0 aliphatic carbocycles. The molecule has 4 nitrogen and oxygen atoms in total. The Labute approximate surface area is 144 Å². The van der Waals surface area contributed by atoms with Crippen molar-refractivity contribution >= 4 is 13.9 Å². The van der Waals surface area contributed by atoms with Crippen molar-refractivity contribution in [1.29, 1.82) is 5.26 Å². The van der Waals surface area contributed by atoms with Crippen molar-refractivity contribution in [2.24, 2.45) is 0 Å². The molecule has 1 aromatic rings. The van der Waals surface area contributed by atoms with Gasteiger partial charge < -0.3 is 10.4 Å². The van der Waals surface area contributed by atoms with Crippen molar-refractivity contribution < 1.29 is 9.90 Å². The topological polar surface area (TPSA) is 73.1 Å². The molecule has 126 valence electrons. The number of carbonyl (C=O) groups is 1. The SMILES string of the molecule is CCP(CC)C1=C(C)NC(C)=C(C(=O)O)C1c1cccc(C#N)c1. The maximum Gasteiger partial charge on any atom is 0.334 e. The van der Waals surface area contributed by atoms with Crippen LogP contribution in [0.4, 0.5) is 0 Å². The number of allylic oxidation sites excluding steroid dienone is 3. The van der Waals surface area contributed by atoms with Crippen LogP contribution in [0.25, 0.3) is 0 Å². The Balaban J connectivity index is 2.70. The van der Waals surface area contributed by atoms with Crippen LogP contribution in [-0.4, -0.2) is 23.4 Å². The van der Waals surface area contributed by atoms with Crippen LogP contribution in [0.2, 0.25) is 0 Å². The van der Waals surface area contributed by atoms with Crippen molar-refractivity contribution in [3.63, 3.8) is 0 Å². The summed E-state index contributed by atoms with van der Waals surface area (Å²) in [7, 11) is -0.424. The summed E-state index contributed by atoms with van der Waals surface area (Å²) >= 11 is 0. The number of carboxylic acid groups (broad SMARTS) is 1. The van der Waals surface area contributed by atoms with E-state index in [-0.39, 0.29) is 5.92 Å². The van der Waals surface area contributed by atoms with Gasteiger partial charge in [-0.1, -0.05) is 33.9 Å². The first-order chi connectivity index (χ1) is 11.4. The predicted molar refractivity (Wildman–Crippen MR) is 98.1 cm³/mol. The fraction of sp³-hybridized carbons (Fsp3) is 0.368. The fourth-order valence-electron chi connectivity index (χ4n) is 3.36. The molecule has 1 heterocycles. The Bertz CT molecular complexity index is 755. The lowest BCUT2D eigenvalue weighted by atomic mass is 9.86. The van der Waals surface area contributed by atoms with Crippen LogP contribution in [0.3, 0.4) is 0 Å². The number of hydrogen-bond donors (Lipinski definition) is 2. The molecule has 0 aromatic heterocycles. The van der Waals surface area contributed by atoms with E-state index in [1.165, 1.54) is 5.31 Å². The molecule has 5 heteroatoms. The quantitative estimate of drug-likeness (QED) is 0.780. The van der Waals surface area contributed by atoms with Crippen LogP contribution >= 0.6 is 7.92 Å². The standard InChI is InChI=1S/C19H23N2O2P/c1-5-24(6-2)18-13(4)21-12(3)16(19(22)23)17(18)15-9-7-8-14(10-15)11-20/h7-10,17,21H,5-6H2,1-4H3,(H,22,23). The van der Waals surface area contributed by atoms with E-state index in [1.54, 1.807) is 6.07 Å². The van der Waals surface area contributed by atoms with Gasteiger partial charge in [0.2, 0.25) is 0 Å². The minimum atomic E-state index is -0.903. The number of carboxylic acids is 1. The molecule has 1 aliphatic rings. The molecule has 0 radical (unpaired) electrons. The van der Waals surface area contributed by atoms with E-state index in [9.17, 15) is 15.2 Å². The monoisotopic (exact) mass is 342 g/mol. The molecule has 1 aliphatic heterocycles. The van der Waals surface area contributed by atoms with Crippen molar-refractivity contribution in [3.05, 3.63) is 57.7 Å². The van der Waals surface area contributed by atoms with E-state index >= 15 is 0 Å². The van der Waals surface area contributed by atoms with Gasteiger partial charge in [0.1, 0.15) is 0 Å². The van der Waals surface area contributed by atoms with Crippen LogP contribution in [-0.2, 0) is 4.79 Å². The molecule has 1 unspecified atom stereocenters. The highest BCUT2D eigenvalue weighted by atomic mass is 31.1. The second-order valence-electron chi connectivity index (χ2n) is 5.82. The molecular formula is C19H23N2O2P. The zero-order valence-electron chi connectivity index (χ0n) is 14.6. The smallest absolute Gasteiger partial charge is 0.334 e. The van der Waals surface area contributed by atoms with Crippen molar-refractivity contribution in [2.75, 3.05) is 12.3 Å². The molecule has 2 N–H and O–H groups in total. The minimum Gasteiger partial charge on any atom is -0.478 e. The predicted octanol–water partition coefficient (Wildman–Crippen LogP) is 4.36. The molecule has 0 fully saturated rings. The second-order valence-corrected chi connectivity index (χ2v) is 8.65. The van der Waals surface area contributed by atoms with E-state index in [4.69, 9.17) is 0 Å². The number of rotatable bonds is 5. The highest BCUT2D eigenvalue weighted by molar-refractivity contribution is 7.62. The third-order valence-electron chi connectivity index (χ3n) is 4.41. The maximum absolute atomic E-state index is 12.0. The largest absolute Gasteiger partial charge is 0.478 e. The summed E-state index contributed by atoms with van der Waals surface area (Å²) in [5, 5.41) is 23.5. The van der Waals surface area contributed by atoms with Gasteiger partial charge in [-0.25, -0.2) is 4.79 Å². The molecule has 1 atom stereocenters. The molecule has 0 saturated heterocycles. The summed E-state index contributed by atoms with van der Waals surface area (Å²) in [6.07, 6.45) is 2.03. The Kier molecular flexibility index (Phi) is 5.80. The number of nitrogens with one attached hydrogen (secondary N) is 1. The van der Waals surface area contributed by atoms with Crippen molar-refractivity contribution in [1.82, 2.24) is 5.32 Å². The molecule has 0 spiro atoms. The number of hydrogen-bond acceptors (Lipinski definition) is 3. The summed E-state index contributed by atoms with van der Waals surface area (Å²) in [6, 6.07) is 9.48. The Morgan fingerprint density at radius 2 is 1.96 bits per heavy atom. The van der Waals surface area contributed by atoms with E-state index in [0.29, 0.717) is 16.8 Å². The summed E-state index contributed by atoms with van der Waals surface area (Å²) in [5.41, 5.74) is 3.57. The van der Waals surface area contributed by atoms with Gasteiger partial charge in [-0.3, -0.25) is 0 Å². The summed E-state index contributed by atoms with van der Waals surface area (Å²) < 4.78 is 0. The molecule has 0 amide bonds. The number of nitrogens with zero attached hydrogens (tertiary/aromatic N) is 1. The molecule has 0 bridgehead atoms. The van der Waals surface area contributed by atoms with Crippen LogP contribution in [0, 0.1) is 11.3 Å². The van der Waals surface area contributed by atoms with E-state index in [2.05, 4.69) is 25.2 Å². The number of aliphatic carboxylic acids is 1. The maximum atomic E-state index is 12.0. The summed E-state index contributed by atoms with van der Waals surface area (Å²) in [6.45, 7) is 8.15. The Morgan fingerprint density at radius 1 is 1.29 bits per heavy atom. The Morgan fingerprint density at radius 3 is 2.50 bits per heavy atom. The minimum absolute atomic E-state index is 0.289. The highest BCUT2D eigenvalue weighted by Crippen LogP contribution is 2.55. The molecule has 0 saturated carbocycles. The fourth-order valence-corrected chi connectivity index (χ4v) is 5.66. The van der Waals surface area contributed by atoms with E-state index in [0.717, 1.165) is 23.6 Å². The summed E-state index contributed by atoms with van der Waals surface area (Å²) in [5.74, 6) is -1.19. The first-order valence-corrected chi connectivity index (χ1v) is 9.82. The molecule has 2 rings (SSSR count). The van der Waals surface area contributed by atoms with Crippen LogP contribution in [0.15, 0.2) is 46.5 Å². The van der Waals surface area contributed by atoms with Gasteiger partial charge in [0.15, 0.2) is 0 Å². The van der Waals surface area contributed by atoms with E-state index in [1.807, 2.05) is 32.0 Å². The highest BCUT2D eigenvalue weighted by Gasteiger charge is 2.35. The van der Waals surface area contributed by atoms with Gasteiger partial charge >= 0.3 is 5.97 Å². The van der Waals surface area contributed by atoms with E-state index < -0.39 is 13.9 Å². The van der Waals surface area contributed by atoms with Gasteiger partial charge in [-0.05, 0) is 49.2 Å². The van der Waals surface area contributed by atoms with Crippen molar-refractivity contribution in [2.45, 2.75) is 33.6 Å². The van der Waals surface area contributed by atoms with Gasteiger partial charge in [-0.2, -0.15) is 5.26 Å². The third kappa shape index (κ3) is 3.37. The second kappa shape index (κ2) is 7.64. The number of dihydropyridines is 1. The number of nitriles is 1. The van der Waals surface area contributed by atoms with Gasteiger partial charge in [0.05, 0.1) is 17.2 Å². The lowest BCUT2D eigenvalue weighted by molar-refractivity contribution is -0.133. The van der Waals surface area contributed by atoms with Crippen LogP contribution in [0.1, 0.15) is 44.7 Å². The molecular weight excluding hydrogens is 319 g/mol. The Hall–Kier alpha value is -2.11. The first kappa shape index (κ1) is 18.2. The zero-order valence-corrected chi connectivity index (χ0v) is 15.4. The van der Waals surface area contributed by atoms with Gasteiger partial charge in [0, 0.05) is 17.3 Å².